The fourth-order valence-electron chi connectivity index (χ4n) is 1.17. The molecule has 0 aromatic carbocycles. The van der Waals surface area contributed by atoms with E-state index in [1.165, 1.54) is 0 Å². The molecule has 0 aromatic heterocycles. The highest BCUT2D eigenvalue weighted by atomic mass is 14.4. The Kier molecular flexibility index (Phi) is 2.56. The largest absolute Gasteiger partial charge is 0.337 e. The van der Waals surface area contributed by atoms with Crippen molar-refractivity contribution in [2.45, 2.75) is 41.5 Å². The van der Waals surface area contributed by atoms with Gasteiger partial charge in [0.15, 0.2) is 0 Å². The lowest BCUT2D eigenvalue weighted by atomic mass is 9.68. The molecule has 0 heterocycles. The zero-order valence-electron chi connectivity index (χ0n) is 8.28. The van der Waals surface area contributed by atoms with Crippen LogP contribution in [-0.2, 0) is 0 Å². The third-order valence-corrected chi connectivity index (χ3v) is 2.47. The quantitative estimate of drug-likeness (QED) is 0.490. The minimum absolute atomic E-state index is 0.193. The smallest absolute Gasteiger partial charge is 0.0377 e. The molecule has 1 unspecified atom stereocenters. The molecule has 0 amide bonds. The summed E-state index contributed by atoms with van der Waals surface area (Å²) in [5.41, 5.74) is 0.573. The van der Waals surface area contributed by atoms with Crippen LogP contribution in [-0.4, -0.2) is 0 Å². The summed E-state index contributed by atoms with van der Waals surface area (Å²) in [6.45, 7) is 17.6. The van der Waals surface area contributed by atoms with Crippen LogP contribution in [0.2, 0.25) is 0 Å². The Balaban J connectivity index is 4.23. The van der Waals surface area contributed by atoms with Crippen molar-refractivity contribution in [1.29, 1.82) is 0 Å². The highest BCUT2D eigenvalue weighted by Gasteiger charge is 2.25. The Bertz CT molecular complexity index is 84.2. The van der Waals surface area contributed by atoms with Gasteiger partial charge in [-0.3, -0.25) is 0 Å². The van der Waals surface area contributed by atoms with Crippen molar-refractivity contribution in [3.63, 3.8) is 0 Å². The van der Waals surface area contributed by atoms with Gasteiger partial charge in [-0.05, 0) is 5.41 Å². The summed E-state index contributed by atoms with van der Waals surface area (Å²) >= 11 is 0. The van der Waals surface area contributed by atoms with Gasteiger partial charge in [-0.2, -0.15) is 5.41 Å². The standard InChI is InChI=1S/C10H21/c1-8(9(2,3)4)10(5,6)7/h8H,2H2,1,3-7H3/q-1. The van der Waals surface area contributed by atoms with E-state index in [2.05, 4.69) is 48.5 Å². The van der Waals surface area contributed by atoms with Crippen LogP contribution in [0.4, 0.5) is 0 Å². The van der Waals surface area contributed by atoms with Crippen LogP contribution in [0.15, 0.2) is 0 Å². The molecule has 0 saturated carbocycles. The molecule has 10 heavy (non-hydrogen) atoms. The summed E-state index contributed by atoms with van der Waals surface area (Å²) in [4.78, 5) is 0. The van der Waals surface area contributed by atoms with Crippen molar-refractivity contribution in [2.24, 2.45) is 16.7 Å². The molecule has 0 N–H and O–H groups in total. The Morgan fingerprint density at radius 2 is 1.30 bits per heavy atom. The van der Waals surface area contributed by atoms with Crippen molar-refractivity contribution in [3.05, 3.63) is 6.92 Å². The summed E-state index contributed by atoms with van der Waals surface area (Å²) in [6.07, 6.45) is 0. The minimum atomic E-state index is 0.193. The van der Waals surface area contributed by atoms with Gasteiger partial charge in [0.2, 0.25) is 0 Å². The molecule has 0 aliphatic rings. The maximum atomic E-state index is 4.14. The normalized spacial score (nSPS) is 17.1. The number of hydrogen-bond acceptors (Lipinski definition) is 0. The minimum Gasteiger partial charge on any atom is -0.337 e. The molecule has 0 fully saturated rings. The summed E-state index contributed by atoms with van der Waals surface area (Å²) in [7, 11) is 0. The molecule has 0 rings (SSSR count). The molecule has 0 radical (unpaired) electrons. The van der Waals surface area contributed by atoms with Crippen LogP contribution in [0.5, 0.6) is 0 Å². The highest BCUT2D eigenvalue weighted by molar-refractivity contribution is 4.84. The summed E-state index contributed by atoms with van der Waals surface area (Å²) < 4.78 is 0. The maximum Gasteiger partial charge on any atom is -0.0377 e. The van der Waals surface area contributed by atoms with Gasteiger partial charge < -0.3 is 6.92 Å². The third kappa shape index (κ3) is 2.72. The maximum absolute atomic E-state index is 4.14. The second-order valence-electron chi connectivity index (χ2n) is 5.08. The summed E-state index contributed by atoms with van der Waals surface area (Å²) in [5, 5.41) is 0. The van der Waals surface area contributed by atoms with Crippen LogP contribution in [0.3, 0.4) is 0 Å². The molecule has 1 atom stereocenters. The van der Waals surface area contributed by atoms with Gasteiger partial charge in [0, 0.05) is 0 Å². The number of rotatable bonds is 1. The van der Waals surface area contributed by atoms with Crippen molar-refractivity contribution >= 4 is 0 Å². The molecule has 62 valence electrons. The van der Waals surface area contributed by atoms with Crippen LogP contribution in [0.25, 0.3) is 0 Å². The van der Waals surface area contributed by atoms with E-state index in [4.69, 9.17) is 0 Å². The molecule has 0 heteroatoms. The van der Waals surface area contributed by atoms with Gasteiger partial charge in [-0.25, -0.2) is 0 Å². The van der Waals surface area contributed by atoms with E-state index in [-0.39, 0.29) is 5.41 Å². The molecule has 0 bridgehead atoms. The van der Waals surface area contributed by atoms with E-state index < -0.39 is 0 Å². The van der Waals surface area contributed by atoms with Crippen molar-refractivity contribution in [1.82, 2.24) is 0 Å². The van der Waals surface area contributed by atoms with E-state index in [1.807, 2.05) is 0 Å². The Morgan fingerprint density at radius 1 is 1.00 bits per heavy atom. The van der Waals surface area contributed by atoms with Gasteiger partial charge in [0.1, 0.15) is 0 Å². The average Bonchev–Trinajstić information content (AvgIpc) is 1.59. The van der Waals surface area contributed by atoms with Gasteiger partial charge in [-0.15, -0.1) is 0 Å². The summed E-state index contributed by atoms with van der Waals surface area (Å²) in [6, 6.07) is 0. The highest BCUT2D eigenvalue weighted by Crippen LogP contribution is 2.38. The second kappa shape index (κ2) is 2.56. The molecule has 0 nitrogen and oxygen atoms in total. The lowest BCUT2D eigenvalue weighted by Gasteiger charge is -2.43. The molecule has 0 aliphatic carbocycles. The molecule has 0 saturated heterocycles. The Morgan fingerprint density at radius 3 is 1.30 bits per heavy atom. The number of hydrogen-bond donors (Lipinski definition) is 0. The zero-order chi connectivity index (χ0) is 8.58. The van der Waals surface area contributed by atoms with Gasteiger partial charge in [-0.1, -0.05) is 47.5 Å². The van der Waals surface area contributed by atoms with Crippen molar-refractivity contribution in [2.75, 3.05) is 0 Å². The first-order chi connectivity index (χ1) is 4.15. The van der Waals surface area contributed by atoms with Crippen LogP contribution in [0, 0.1) is 23.7 Å². The summed E-state index contributed by atoms with van der Waals surface area (Å²) in [5.74, 6) is 0.653. The Hall–Kier alpha value is 0. The van der Waals surface area contributed by atoms with E-state index in [1.54, 1.807) is 0 Å². The van der Waals surface area contributed by atoms with Crippen LogP contribution >= 0.6 is 0 Å². The van der Waals surface area contributed by atoms with Crippen molar-refractivity contribution < 1.29 is 0 Å². The molecule has 0 aliphatic heterocycles. The average molecular weight is 141 g/mol. The second-order valence-corrected chi connectivity index (χ2v) is 5.08. The van der Waals surface area contributed by atoms with Crippen LogP contribution < -0.4 is 0 Å². The molecule has 0 spiro atoms. The van der Waals surface area contributed by atoms with E-state index in [0.29, 0.717) is 11.3 Å². The Labute approximate surface area is 66.0 Å². The first-order valence-electron chi connectivity index (χ1n) is 4.01. The predicted octanol–water partition coefficient (Wildman–Crippen LogP) is 3.53. The molecular weight excluding hydrogens is 120 g/mol. The fourth-order valence-corrected chi connectivity index (χ4v) is 1.17. The first-order valence-corrected chi connectivity index (χ1v) is 4.01. The van der Waals surface area contributed by atoms with E-state index in [0.717, 1.165) is 0 Å². The van der Waals surface area contributed by atoms with Crippen molar-refractivity contribution in [3.8, 4) is 0 Å². The third-order valence-electron chi connectivity index (χ3n) is 2.47. The fraction of sp³-hybridized carbons (Fsp3) is 0.900. The van der Waals surface area contributed by atoms with Gasteiger partial charge >= 0.3 is 0 Å². The first kappa shape index (κ1) is 10.0. The monoisotopic (exact) mass is 141 g/mol. The zero-order valence-corrected chi connectivity index (χ0v) is 8.28. The van der Waals surface area contributed by atoms with E-state index in [9.17, 15) is 0 Å². The lowest BCUT2D eigenvalue weighted by molar-refractivity contribution is 0.142. The SMILES string of the molecule is [CH2-]C(C)(C)C(C)C(C)(C)C. The van der Waals surface area contributed by atoms with Crippen LogP contribution in [0.1, 0.15) is 41.5 Å². The molecule has 0 aromatic rings. The lowest BCUT2D eigenvalue weighted by Crippen LogP contribution is -2.29. The topological polar surface area (TPSA) is 0 Å². The van der Waals surface area contributed by atoms with Gasteiger partial charge in [0.25, 0.3) is 0 Å². The molecular formula is C10H21-. The van der Waals surface area contributed by atoms with E-state index >= 15 is 0 Å². The van der Waals surface area contributed by atoms with Gasteiger partial charge in [0.05, 0.1) is 0 Å². The predicted molar refractivity (Wildman–Crippen MR) is 47.8 cm³/mol.